The Bertz CT molecular complexity index is 384. The summed E-state index contributed by atoms with van der Waals surface area (Å²) in [6, 6.07) is 6.71. The zero-order valence-electron chi connectivity index (χ0n) is 12.4. The highest BCUT2D eigenvalue weighted by Crippen LogP contribution is 2.26. The monoisotopic (exact) mass is 300 g/mol. The molecule has 4 heteroatoms. The van der Waals surface area contributed by atoms with Gasteiger partial charge in [-0.15, -0.1) is 0 Å². The van der Waals surface area contributed by atoms with Crippen LogP contribution in [-0.2, 0) is 6.54 Å². The fraction of sp³-hybridized carbons (Fsp3) is 0.600. The SMILES string of the molecule is CCNCc1cc(Cl)ccc1N(C)C(C)CCSC. The van der Waals surface area contributed by atoms with Crippen LogP contribution < -0.4 is 10.2 Å². The van der Waals surface area contributed by atoms with Crippen molar-refractivity contribution in [1.82, 2.24) is 5.32 Å². The molecule has 0 radical (unpaired) electrons. The summed E-state index contributed by atoms with van der Waals surface area (Å²) < 4.78 is 0. The Morgan fingerprint density at radius 2 is 2.16 bits per heavy atom. The summed E-state index contributed by atoms with van der Waals surface area (Å²) in [5, 5.41) is 4.19. The van der Waals surface area contributed by atoms with Crippen LogP contribution in [0.3, 0.4) is 0 Å². The van der Waals surface area contributed by atoms with Crippen molar-refractivity contribution >= 4 is 29.1 Å². The molecule has 0 bridgehead atoms. The van der Waals surface area contributed by atoms with Gasteiger partial charge in [0.1, 0.15) is 0 Å². The lowest BCUT2D eigenvalue weighted by Gasteiger charge is -2.29. The molecule has 19 heavy (non-hydrogen) atoms. The van der Waals surface area contributed by atoms with Gasteiger partial charge in [0, 0.05) is 30.3 Å². The predicted octanol–water partition coefficient (Wildman–Crippen LogP) is 4.03. The summed E-state index contributed by atoms with van der Waals surface area (Å²) in [5.74, 6) is 1.20. The second-order valence-corrected chi connectivity index (χ2v) is 6.22. The van der Waals surface area contributed by atoms with E-state index in [0.29, 0.717) is 6.04 Å². The van der Waals surface area contributed by atoms with Crippen molar-refractivity contribution in [2.45, 2.75) is 32.9 Å². The fourth-order valence-corrected chi connectivity index (χ4v) is 2.79. The average molecular weight is 301 g/mol. The maximum Gasteiger partial charge on any atom is 0.0412 e. The number of rotatable bonds is 8. The second-order valence-electron chi connectivity index (χ2n) is 4.79. The topological polar surface area (TPSA) is 15.3 Å². The summed E-state index contributed by atoms with van der Waals surface area (Å²) in [5.41, 5.74) is 2.55. The van der Waals surface area contributed by atoms with Crippen molar-refractivity contribution in [2.75, 3.05) is 30.5 Å². The number of hydrogen-bond acceptors (Lipinski definition) is 3. The molecule has 0 fully saturated rings. The third-order valence-electron chi connectivity index (χ3n) is 3.39. The molecule has 0 aliphatic carbocycles. The van der Waals surface area contributed by atoms with Crippen LogP contribution in [0.4, 0.5) is 5.69 Å². The minimum absolute atomic E-state index is 0.536. The molecule has 0 saturated carbocycles. The van der Waals surface area contributed by atoms with Gasteiger partial charge in [-0.05, 0) is 55.7 Å². The molecule has 0 saturated heterocycles. The van der Waals surface area contributed by atoms with E-state index < -0.39 is 0 Å². The van der Waals surface area contributed by atoms with E-state index in [1.807, 2.05) is 17.8 Å². The molecule has 108 valence electrons. The summed E-state index contributed by atoms with van der Waals surface area (Å²) in [6.07, 6.45) is 3.35. The van der Waals surface area contributed by atoms with Gasteiger partial charge in [-0.2, -0.15) is 11.8 Å². The number of nitrogens with one attached hydrogen (secondary N) is 1. The first-order valence-electron chi connectivity index (χ1n) is 6.81. The molecule has 0 aliphatic rings. The number of thioether (sulfide) groups is 1. The van der Waals surface area contributed by atoms with Crippen LogP contribution in [0.5, 0.6) is 0 Å². The molecule has 2 nitrogen and oxygen atoms in total. The molecule has 0 aliphatic heterocycles. The predicted molar refractivity (Wildman–Crippen MR) is 89.7 cm³/mol. The highest BCUT2D eigenvalue weighted by Gasteiger charge is 2.13. The maximum atomic E-state index is 6.11. The Morgan fingerprint density at radius 3 is 2.79 bits per heavy atom. The van der Waals surface area contributed by atoms with Crippen LogP contribution in [0.2, 0.25) is 5.02 Å². The van der Waals surface area contributed by atoms with Gasteiger partial charge in [0.25, 0.3) is 0 Å². The van der Waals surface area contributed by atoms with Crippen molar-refractivity contribution in [1.29, 1.82) is 0 Å². The zero-order valence-corrected chi connectivity index (χ0v) is 13.9. The van der Waals surface area contributed by atoms with Gasteiger partial charge in [-0.3, -0.25) is 0 Å². The lowest BCUT2D eigenvalue weighted by molar-refractivity contribution is 0.660. The lowest BCUT2D eigenvalue weighted by Crippen LogP contribution is -2.30. The van der Waals surface area contributed by atoms with Crippen molar-refractivity contribution in [3.05, 3.63) is 28.8 Å². The van der Waals surface area contributed by atoms with E-state index in [1.54, 1.807) is 0 Å². The number of hydrogen-bond donors (Lipinski definition) is 1. The molecule has 1 rings (SSSR count). The van der Waals surface area contributed by atoms with Crippen molar-refractivity contribution < 1.29 is 0 Å². The van der Waals surface area contributed by atoms with Gasteiger partial charge in [0.05, 0.1) is 0 Å². The summed E-state index contributed by atoms with van der Waals surface area (Å²) in [6.45, 7) is 6.24. The van der Waals surface area contributed by atoms with Crippen LogP contribution in [0, 0.1) is 0 Å². The summed E-state index contributed by atoms with van der Waals surface area (Å²) in [7, 11) is 2.17. The van der Waals surface area contributed by atoms with Gasteiger partial charge in [0.15, 0.2) is 0 Å². The smallest absolute Gasteiger partial charge is 0.0412 e. The van der Waals surface area contributed by atoms with Crippen molar-refractivity contribution in [2.24, 2.45) is 0 Å². The van der Waals surface area contributed by atoms with Crippen molar-refractivity contribution in [3.63, 3.8) is 0 Å². The highest BCUT2D eigenvalue weighted by atomic mass is 35.5. The molecule has 1 N–H and O–H groups in total. The van der Waals surface area contributed by atoms with Gasteiger partial charge >= 0.3 is 0 Å². The highest BCUT2D eigenvalue weighted by molar-refractivity contribution is 7.98. The normalized spacial score (nSPS) is 12.5. The molecule has 0 spiro atoms. The Hall–Kier alpha value is -0.380. The van der Waals surface area contributed by atoms with Gasteiger partial charge in [0.2, 0.25) is 0 Å². The van der Waals surface area contributed by atoms with E-state index >= 15 is 0 Å². The second kappa shape index (κ2) is 8.72. The first-order chi connectivity index (χ1) is 9.10. The number of benzene rings is 1. The summed E-state index contributed by atoms with van der Waals surface area (Å²) in [4.78, 5) is 2.36. The minimum Gasteiger partial charge on any atom is -0.372 e. The molecule has 1 atom stereocenters. The molecular weight excluding hydrogens is 276 g/mol. The van der Waals surface area contributed by atoms with Crippen LogP contribution in [0.15, 0.2) is 18.2 Å². The van der Waals surface area contributed by atoms with E-state index in [1.165, 1.54) is 23.4 Å². The third-order valence-corrected chi connectivity index (χ3v) is 4.27. The quantitative estimate of drug-likeness (QED) is 0.780. The first-order valence-corrected chi connectivity index (χ1v) is 8.58. The molecule has 1 unspecified atom stereocenters. The summed E-state index contributed by atoms with van der Waals surface area (Å²) >= 11 is 8.02. The van der Waals surface area contributed by atoms with Crippen LogP contribution in [0.1, 0.15) is 25.8 Å². The maximum absolute atomic E-state index is 6.11. The Kier molecular flexibility index (Phi) is 7.66. The molecule has 1 aromatic rings. The molecule has 0 amide bonds. The van der Waals surface area contributed by atoms with Gasteiger partial charge < -0.3 is 10.2 Å². The average Bonchev–Trinajstić information content (AvgIpc) is 2.41. The van der Waals surface area contributed by atoms with Gasteiger partial charge in [-0.25, -0.2) is 0 Å². The molecule has 0 heterocycles. The molecular formula is C15H25ClN2S. The van der Waals surface area contributed by atoms with E-state index in [4.69, 9.17) is 11.6 Å². The number of anilines is 1. The van der Waals surface area contributed by atoms with E-state index in [-0.39, 0.29) is 0 Å². The third kappa shape index (κ3) is 5.25. The van der Waals surface area contributed by atoms with Crippen LogP contribution in [0.25, 0.3) is 0 Å². The van der Waals surface area contributed by atoms with Crippen LogP contribution in [-0.4, -0.2) is 31.6 Å². The van der Waals surface area contributed by atoms with Crippen molar-refractivity contribution in [3.8, 4) is 0 Å². The standard InChI is InChI=1S/C15H25ClN2S/c1-5-17-11-13-10-14(16)6-7-15(13)18(3)12(2)8-9-19-4/h6-7,10,12,17H,5,8-9,11H2,1-4H3. The molecule has 0 aromatic heterocycles. The zero-order chi connectivity index (χ0) is 14.3. The van der Waals surface area contributed by atoms with E-state index in [0.717, 1.165) is 18.1 Å². The van der Waals surface area contributed by atoms with Crippen LogP contribution >= 0.6 is 23.4 Å². The fourth-order valence-electron chi connectivity index (χ4n) is 2.02. The Morgan fingerprint density at radius 1 is 1.42 bits per heavy atom. The lowest BCUT2D eigenvalue weighted by atomic mass is 10.1. The minimum atomic E-state index is 0.536. The van der Waals surface area contributed by atoms with E-state index in [9.17, 15) is 0 Å². The number of nitrogens with zero attached hydrogens (tertiary/aromatic N) is 1. The van der Waals surface area contributed by atoms with Gasteiger partial charge in [-0.1, -0.05) is 18.5 Å². The Balaban J connectivity index is 2.84. The number of halogens is 1. The largest absolute Gasteiger partial charge is 0.372 e. The first kappa shape index (κ1) is 16.7. The van der Waals surface area contributed by atoms with E-state index in [2.05, 4.69) is 49.5 Å². The Labute approximate surface area is 126 Å². The molecule has 1 aromatic carbocycles.